The highest BCUT2D eigenvalue weighted by atomic mass is 16.3. The van der Waals surface area contributed by atoms with Gasteiger partial charge in [0, 0.05) is 17.5 Å². The summed E-state index contributed by atoms with van der Waals surface area (Å²) in [5, 5.41) is 0. The Hall–Kier alpha value is -1.83. The van der Waals surface area contributed by atoms with Crippen molar-refractivity contribution in [1.29, 1.82) is 0 Å². The van der Waals surface area contributed by atoms with E-state index in [0.29, 0.717) is 0 Å². The molecule has 0 aliphatic carbocycles. The van der Waals surface area contributed by atoms with Crippen LogP contribution in [-0.4, -0.2) is 5.78 Å². The summed E-state index contributed by atoms with van der Waals surface area (Å²) in [5.41, 5.74) is 2.92. The van der Waals surface area contributed by atoms with Gasteiger partial charge in [0.2, 0.25) is 0 Å². The van der Waals surface area contributed by atoms with Gasteiger partial charge >= 0.3 is 0 Å². The molecular formula is C17H20O2. The molecule has 0 unspecified atom stereocenters. The Morgan fingerprint density at radius 2 is 1.84 bits per heavy atom. The van der Waals surface area contributed by atoms with Crippen molar-refractivity contribution < 1.29 is 9.21 Å². The van der Waals surface area contributed by atoms with Crippen molar-refractivity contribution in [2.24, 2.45) is 0 Å². The van der Waals surface area contributed by atoms with Crippen LogP contribution in [0.1, 0.15) is 49.2 Å². The molecule has 0 saturated carbocycles. The summed E-state index contributed by atoms with van der Waals surface area (Å²) in [4.78, 5) is 11.2. The Balaban J connectivity index is 2.07. The molecule has 0 amide bonds. The average Bonchev–Trinajstić information content (AvgIpc) is 2.88. The third-order valence-corrected chi connectivity index (χ3v) is 3.31. The maximum atomic E-state index is 11.2. The van der Waals surface area contributed by atoms with E-state index in [4.69, 9.17) is 4.42 Å². The van der Waals surface area contributed by atoms with Gasteiger partial charge in [-0.15, -0.1) is 0 Å². The minimum absolute atomic E-state index is 0.0963. The number of Topliss-reactive ketones (excluding diaryl/α,β-unsaturated/α-hetero) is 1. The van der Waals surface area contributed by atoms with Gasteiger partial charge in [0.25, 0.3) is 0 Å². The molecule has 0 fully saturated rings. The highest BCUT2D eigenvalue weighted by Crippen LogP contribution is 2.23. The second-order valence-corrected chi connectivity index (χ2v) is 4.89. The Bertz CT molecular complexity index is 535. The minimum atomic E-state index is 0.0963. The predicted molar refractivity (Wildman–Crippen MR) is 77.4 cm³/mol. The summed E-state index contributed by atoms with van der Waals surface area (Å²) in [6.45, 7) is 3.78. The van der Waals surface area contributed by atoms with Crippen molar-refractivity contribution in [2.75, 3.05) is 0 Å². The molecule has 0 N–H and O–H groups in total. The normalized spacial score (nSPS) is 10.6. The van der Waals surface area contributed by atoms with Crippen LogP contribution < -0.4 is 0 Å². The van der Waals surface area contributed by atoms with Gasteiger partial charge < -0.3 is 4.42 Å². The number of carbonyl (C=O) groups is 1. The van der Waals surface area contributed by atoms with E-state index >= 15 is 0 Å². The lowest BCUT2D eigenvalue weighted by Gasteiger charge is -1.98. The molecule has 0 atom stereocenters. The van der Waals surface area contributed by atoms with Crippen molar-refractivity contribution in [3.8, 4) is 11.1 Å². The van der Waals surface area contributed by atoms with Crippen LogP contribution in [0.4, 0.5) is 0 Å². The smallest absolute Gasteiger partial charge is 0.159 e. The number of aryl methyl sites for hydroxylation is 1. The average molecular weight is 256 g/mol. The summed E-state index contributed by atoms with van der Waals surface area (Å²) in [7, 11) is 0. The molecule has 100 valence electrons. The second kappa shape index (κ2) is 6.37. The third kappa shape index (κ3) is 3.57. The van der Waals surface area contributed by atoms with Gasteiger partial charge in [0.05, 0.1) is 6.26 Å². The first-order valence-electron chi connectivity index (χ1n) is 6.89. The molecule has 1 heterocycles. The highest BCUT2D eigenvalue weighted by molar-refractivity contribution is 5.94. The maximum Gasteiger partial charge on any atom is 0.159 e. The van der Waals surface area contributed by atoms with Crippen molar-refractivity contribution in [3.63, 3.8) is 0 Å². The number of ketones is 1. The van der Waals surface area contributed by atoms with E-state index in [1.807, 2.05) is 24.3 Å². The fraction of sp³-hybridized carbons (Fsp3) is 0.353. The topological polar surface area (TPSA) is 30.2 Å². The van der Waals surface area contributed by atoms with Crippen LogP contribution in [-0.2, 0) is 6.42 Å². The predicted octanol–water partition coefficient (Wildman–Crippen LogP) is 4.88. The van der Waals surface area contributed by atoms with E-state index in [2.05, 4.69) is 13.0 Å². The van der Waals surface area contributed by atoms with E-state index in [1.165, 1.54) is 19.3 Å². The van der Waals surface area contributed by atoms with Gasteiger partial charge in [-0.05, 0) is 25.0 Å². The van der Waals surface area contributed by atoms with E-state index in [0.717, 1.165) is 28.9 Å². The quantitative estimate of drug-likeness (QED) is 0.544. The zero-order chi connectivity index (χ0) is 13.7. The van der Waals surface area contributed by atoms with Gasteiger partial charge in [0.15, 0.2) is 5.78 Å². The van der Waals surface area contributed by atoms with Crippen LogP contribution in [0, 0.1) is 0 Å². The molecule has 2 rings (SSSR count). The number of unbranched alkanes of at least 4 members (excludes halogenated alkanes) is 2. The van der Waals surface area contributed by atoms with Crippen LogP contribution in [0.2, 0.25) is 0 Å². The monoisotopic (exact) mass is 256 g/mol. The van der Waals surface area contributed by atoms with Crippen molar-refractivity contribution in [2.45, 2.75) is 39.5 Å². The summed E-state index contributed by atoms with van der Waals surface area (Å²) < 4.78 is 5.58. The van der Waals surface area contributed by atoms with Gasteiger partial charge in [-0.2, -0.15) is 0 Å². The molecule has 0 aliphatic rings. The van der Waals surface area contributed by atoms with Gasteiger partial charge in [-0.1, -0.05) is 44.0 Å². The lowest BCUT2D eigenvalue weighted by Crippen LogP contribution is -1.90. The van der Waals surface area contributed by atoms with E-state index in [1.54, 1.807) is 13.2 Å². The Morgan fingerprint density at radius 1 is 1.11 bits per heavy atom. The summed E-state index contributed by atoms with van der Waals surface area (Å²) in [6, 6.07) is 9.76. The summed E-state index contributed by atoms with van der Waals surface area (Å²) in [5.74, 6) is 1.14. The Morgan fingerprint density at radius 3 is 2.47 bits per heavy atom. The molecule has 1 aromatic carbocycles. The number of hydrogen-bond acceptors (Lipinski definition) is 2. The first kappa shape index (κ1) is 13.6. The zero-order valence-electron chi connectivity index (χ0n) is 11.6. The van der Waals surface area contributed by atoms with Crippen LogP contribution in [0.15, 0.2) is 41.0 Å². The van der Waals surface area contributed by atoms with Crippen molar-refractivity contribution >= 4 is 5.78 Å². The molecule has 0 saturated heterocycles. The molecule has 0 spiro atoms. The molecule has 1 aromatic heterocycles. The third-order valence-electron chi connectivity index (χ3n) is 3.31. The fourth-order valence-corrected chi connectivity index (χ4v) is 2.11. The SMILES string of the molecule is CCCCCc1cc(-c2ccc(C(C)=O)cc2)co1. The Labute approximate surface area is 114 Å². The lowest BCUT2D eigenvalue weighted by molar-refractivity contribution is 0.101. The molecule has 0 aliphatic heterocycles. The molecule has 19 heavy (non-hydrogen) atoms. The first-order valence-corrected chi connectivity index (χ1v) is 6.89. The number of carbonyl (C=O) groups excluding carboxylic acids is 1. The van der Waals surface area contributed by atoms with Crippen molar-refractivity contribution in [1.82, 2.24) is 0 Å². The number of hydrogen-bond donors (Lipinski definition) is 0. The summed E-state index contributed by atoms with van der Waals surface area (Å²) >= 11 is 0. The van der Waals surface area contributed by atoms with Gasteiger partial charge in [0.1, 0.15) is 5.76 Å². The number of rotatable bonds is 6. The number of benzene rings is 1. The molecular weight excluding hydrogens is 236 g/mol. The Kier molecular flexibility index (Phi) is 4.56. The maximum absolute atomic E-state index is 11.2. The minimum Gasteiger partial charge on any atom is -0.469 e. The van der Waals surface area contributed by atoms with E-state index in [-0.39, 0.29) is 5.78 Å². The van der Waals surface area contributed by atoms with Crippen LogP contribution in [0.25, 0.3) is 11.1 Å². The number of furan rings is 1. The highest BCUT2D eigenvalue weighted by Gasteiger charge is 2.05. The molecule has 0 bridgehead atoms. The standard InChI is InChI=1S/C17H20O2/c1-3-4-5-6-17-11-16(12-19-17)15-9-7-14(8-10-15)13(2)18/h7-12H,3-6H2,1-2H3. The molecule has 2 aromatic rings. The molecule has 2 nitrogen and oxygen atoms in total. The van der Waals surface area contributed by atoms with Crippen molar-refractivity contribution in [3.05, 3.63) is 47.9 Å². The van der Waals surface area contributed by atoms with E-state index in [9.17, 15) is 4.79 Å². The van der Waals surface area contributed by atoms with Gasteiger partial charge in [-0.25, -0.2) is 0 Å². The van der Waals surface area contributed by atoms with Gasteiger partial charge in [-0.3, -0.25) is 4.79 Å². The molecule has 0 radical (unpaired) electrons. The summed E-state index contributed by atoms with van der Waals surface area (Å²) in [6.07, 6.45) is 6.43. The van der Waals surface area contributed by atoms with Crippen LogP contribution >= 0.6 is 0 Å². The van der Waals surface area contributed by atoms with Crippen LogP contribution in [0.3, 0.4) is 0 Å². The lowest BCUT2D eigenvalue weighted by atomic mass is 10.0. The van der Waals surface area contributed by atoms with Crippen LogP contribution in [0.5, 0.6) is 0 Å². The van der Waals surface area contributed by atoms with E-state index < -0.39 is 0 Å². The first-order chi connectivity index (χ1) is 9.20. The second-order valence-electron chi connectivity index (χ2n) is 4.89. The fourth-order valence-electron chi connectivity index (χ4n) is 2.11. The largest absolute Gasteiger partial charge is 0.469 e. The zero-order valence-corrected chi connectivity index (χ0v) is 11.6. The molecule has 2 heteroatoms.